The van der Waals surface area contributed by atoms with E-state index in [2.05, 4.69) is 20.2 Å². The van der Waals surface area contributed by atoms with E-state index < -0.39 is 5.97 Å². The molecule has 0 aliphatic rings. The van der Waals surface area contributed by atoms with E-state index in [0.29, 0.717) is 11.1 Å². The molecule has 7 nitrogen and oxygen atoms in total. The van der Waals surface area contributed by atoms with Crippen LogP contribution in [-0.4, -0.2) is 31.2 Å². The maximum Gasteiger partial charge on any atom is 0.335 e. The van der Waals surface area contributed by atoms with Crippen LogP contribution >= 0.6 is 0 Å². The lowest BCUT2D eigenvalue weighted by molar-refractivity contribution is 0.0697. The number of carboxylic acid groups (broad SMARTS) is 1. The summed E-state index contributed by atoms with van der Waals surface area (Å²) in [5.74, 6) is -0.490. The van der Waals surface area contributed by atoms with E-state index in [1.54, 1.807) is 24.5 Å². The first-order valence-corrected chi connectivity index (χ1v) is 5.66. The van der Waals surface area contributed by atoms with Crippen molar-refractivity contribution in [2.24, 2.45) is 0 Å². The van der Waals surface area contributed by atoms with E-state index in [4.69, 9.17) is 9.52 Å². The van der Waals surface area contributed by atoms with Crippen molar-refractivity contribution in [1.29, 1.82) is 0 Å². The van der Waals surface area contributed by atoms with Crippen LogP contribution in [0.1, 0.15) is 10.4 Å². The predicted molar refractivity (Wildman–Crippen MR) is 67.7 cm³/mol. The van der Waals surface area contributed by atoms with Crippen molar-refractivity contribution in [2.45, 2.75) is 0 Å². The summed E-state index contributed by atoms with van der Waals surface area (Å²) in [5, 5.41) is 16.7. The lowest BCUT2D eigenvalue weighted by Crippen LogP contribution is -1.95. The van der Waals surface area contributed by atoms with Gasteiger partial charge in [0.2, 0.25) is 5.89 Å². The van der Waals surface area contributed by atoms with Gasteiger partial charge in [0.25, 0.3) is 5.89 Å². The second-order valence-electron chi connectivity index (χ2n) is 3.93. The zero-order valence-corrected chi connectivity index (χ0v) is 10.1. The van der Waals surface area contributed by atoms with Crippen molar-refractivity contribution >= 4 is 5.97 Å². The summed E-state index contributed by atoms with van der Waals surface area (Å²) in [6.45, 7) is 0. The van der Waals surface area contributed by atoms with E-state index >= 15 is 0 Å². The highest BCUT2D eigenvalue weighted by molar-refractivity contribution is 5.88. The molecule has 3 rings (SSSR count). The number of hydrogen-bond donors (Lipinski definition) is 1. The molecular formula is C13H8N4O3. The van der Waals surface area contributed by atoms with Gasteiger partial charge >= 0.3 is 5.97 Å². The Morgan fingerprint density at radius 3 is 2.45 bits per heavy atom. The van der Waals surface area contributed by atoms with Crippen LogP contribution in [0.15, 0.2) is 47.4 Å². The Labute approximate surface area is 113 Å². The fourth-order valence-corrected chi connectivity index (χ4v) is 1.65. The van der Waals surface area contributed by atoms with Gasteiger partial charge in [-0.25, -0.2) is 14.8 Å². The van der Waals surface area contributed by atoms with Crippen molar-refractivity contribution in [2.75, 3.05) is 0 Å². The third kappa shape index (κ3) is 2.24. The Kier molecular flexibility index (Phi) is 2.92. The van der Waals surface area contributed by atoms with E-state index in [9.17, 15) is 4.79 Å². The Balaban J connectivity index is 1.98. The van der Waals surface area contributed by atoms with E-state index in [1.807, 2.05) is 0 Å². The fraction of sp³-hybridized carbons (Fsp3) is 0. The number of carboxylic acids is 1. The molecule has 0 unspecified atom stereocenters. The summed E-state index contributed by atoms with van der Waals surface area (Å²) in [5.41, 5.74) is 1.30. The van der Waals surface area contributed by atoms with Crippen molar-refractivity contribution < 1.29 is 14.3 Å². The van der Waals surface area contributed by atoms with Crippen LogP contribution in [0.2, 0.25) is 0 Å². The number of nitrogens with zero attached hydrogens (tertiary/aromatic N) is 4. The van der Waals surface area contributed by atoms with Gasteiger partial charge in [0.1, 0.15) is 6.33 Å². The molecule has 2 aromatic heterocycles. The smallest absolute Gasteiger partial charge is 0.335 e. The minimum absolute atomic E-state index is 0.158. The van der Waals surface area contributed by atoms with Crippen LogP contribution in [0.25, 0.3) is 22.9 Å². The Bertz CT molecular complexity index is 755. The van der Waals surface area contributed by atoms with Crippen LogP contribution in [0, 0.1) is 0 Å². The van der Waals surface area contributed by atoms with Gasteiger partial charge in [0.05, 0.1) is 11.1 Å². The first kappa shape index (κ1) is 12.0. The molecule has 2 heterocycles. The molecule has 0 saturated heterocycles. The zero-order chi connectivity index (χ0) is 13.9. The lowest BCUT2D eigenvalue weighted by Gasteiger charge is -1.97. The minimum Gasteiger partial charge on any atom is -0.478 e. The first-order valence-electron chi connectivity index (χ1n) is 5.66. The molecule has 0 atom stereocenters. The number of carbonyl (C=O) groups is 1. The molecule has 0 fully saturated rings. The van der Waals surface area contributed by atoms with E-state index in [-0.39, 0.29) is 17.3 Å². The first-order chi connectivity index (χ1) is 9.74. The molecule has 3 aromatic rings. The van der Waals surface area contributed by atoms with E-state index in [0.717, 1.165) is 0 Å². The molecule has 1 aromatic carbocycles. The van der Waals surface area contributed by atoms with E-state index in [1.165, 1.54) is 18.5 Å². The third-order valence-corrected chi connectivity index (χ3v) is 2.59. The molecule has 0 saturated carbocycles. The zero-order valence-electron chi connectivity index (χ0n) is 10.1. The quantitative estimate of drug-likeness (QED) is 0.773. The molecule has 0 aliphatic heterocycles. The maximum absolute atomic E-state index is 10.9. The van der Waals surface area contributed by atoms with Crippen molar-refractivity contribution in [1.82, 2.24) is 20.2 Å². The molecule has 1 N–H and O–H groups in total. The van der Waals surface area contributed by atoms with Gasteiger partial charge in [-0.05, 0) is 18.2 Å². The number of rotatable bonds is 3. The van der Waals surface area contributed by atoms with Crippen LogP contribution < -0.4 is 0 Å². The summed E-state index contributed by atoms with van der Waals surface area (Å²) in [7, 11) is 0. The second-order valence-corrected chi connectivity index (χ2v) is 3.93. The summed E-state index contributed by atoms with van der Waals surface area (Å²) in [4.78, 5) is 18.7. The Morgan fingerprint density at radius 2 is 1.75 bits per heavy atom. The predicted octanol–water partition coefficient (Wildman–Crippen LogP) is 1.89. The highest BCUT2D eigenvalue weighted by atomic mass is 16.4. The molecular weight excluding hydrogens is 260 g/mol. The largest absolute Gasteiger partial charge is 0.478 e. The monoisotopic (exact) mass is 268 g/mol. The number of hydrogen-bond acceptors (Lipinski definition) is 6. The van der Waals surface area contributed by atoms with Crippen LogP contribution in [0.5, 0.6) is 0 Å². The number of aromatic nitrogens is 4. The average Bonchev–Trinajstić information content (AvgIpc) is 2.98. The minimum atomic E-state index is -1.01. The standard InChI is InChI=1S/C13H8N4O3/c18-13(19)9-3-1-2-8(4-9)11-16-17-12(20-11)10-5-14-7-15-6-10/h1-7H,(H,18,19). The van der Waals surface area contributed by atoms with Crippen molar-refractivity contribution in [3.05, 3.63) is 48.5 Å². The van der Waals surface area contributed by atoms with Gasteiger partial charge in [-0.15, -0.1) is 10.2 Å². The Morgan fingerprint density at radius 1 is 1.05 bits per heavy atom. The second kappa shape index (κ2) is 4.88. The Hall–Kier alpha value is -3.09. The highest BCUT2D eigenvalue weighted by Crippen LogP contribution is 2.23. The molecule has 0 radical (unpaired) electrons. The fourth-order valence-electron chi connectivity index (χ4n) is 1.65. The molecule has 98 valence electrons. The number of benzene rings is 1. The van der Waals surface area contributed by atoms with Crippen LogP contribution in [-0.2, 0) is 0 Å². The number of aromatic carboxylic acids is 1. The van der Waals surface area contributed by atoms with Crippen LogP contribution in [0.3, 0.4) is 0 Å². The SMILES string of the molecule is O=C(O)c1cccc(-c2nnc(-c3cncnc3)o2)c1. The lowest BCUT2D eigenvalue weighted by atomic mass is 10.1. The topological polar surface area (TPSA) is 102 Å². The third-order valence-electron chi connectivity index (χ3n) is 2.59. The summed E-state index contributed by atoms with van der Waals surface area (Å²) in [6, 6.07) is 6.29. The normalized spacial score (nSPS) is 10.4. The van der Waals surface area contributed by atoms with Gasteiger partial charge in [-0.1, -0.05) is 6.07 Å². The van der Waals surface area contributed by atoms with Gasteiger partial charge in [-0.3, -0.25) is 0 Å². The maximum atomic E-state index is 10.9. The van der Waals surface area contributed by atoms with Gasteiger partial charge in [0, 0.05) is 18.0 Å². The molecule has 0 aliphatic carbocycles. The molecule has 7 heteroatoms. The van der Waals surface area contributed by atoms with Crippen LogP contribution in [0.4, 0.5) is 0 Å². The van der Waals surface area contributed by atoms with Gasteiger partial charge in [-0.2, -0.15) is 0 Å². The van der Waals surface area contributed by atoms with Gasteiger partial charge < -0.3 is 9.52 Å². The molecule has 20 heavy (non-hydrogen) atoms. The molecule has 0 bridgehead atoms. The van der Waals surface area contributed by atoms with Gasteiger partial charge in [0.15, 0.2) is 0 Å². The van der Waals surface area contributed by atoms with Crippen molar-refractivity contribution in [3.8, 4) is 22.9 Å². The molecule has 0 amide bonds. The summed E-state index contributed by atoms with van der Waals surface area (Å²) in [6.07, 6.45) is 4.51. The van der Waals surface area contributed by atoms with Crippen molar-refractivity contribution in [3.63, 3.8) is 0 Å². The summed E-state index contributed by atoms with van der Waals surface area (Å²) >= 11 is 0. The molecule has 0 spiro atoms. The average molecular weight is 268 g/mol. The highest BCUT2D eigenvalue weighted by Gasteiger charge is 2.12. The summed E-state index contributed by atoms with van der Waals surface area (Å²) < 4.78 is 5.50.